The summed E-state index contributed by atoms with van der Waals surface area (Å²) in [5.74, 6) is 0.609. The molecule has 2 aromatic heterocycles. The fourth-order valence-corrected chi connectivity index (χ4v) is 9.93. The first kappa shape index (κ1) is 36.9. The Labute approximate surface area is 375 Å². The lowest BCUT2D eigenvalue weighted by Gasteiger charge is -2.25. The highest BCUT2D eigenvalue weighted by atomic mass is 16.3. The summed E-state index contributed by atoms with van der Waals surface area (Å²) in [5, 5.41) is 9.91. The van der Waals surface area contributed by atoms with Gasteiger partial charge in [-0.1, -0.05) is 146 Å². The van der Waals surface area contributed by atoms with Crippen LogP contribution >= 0.6 is 0 Å². The summed E-state index contributed by atoms with van der Waals surface area (Å²) in [6.45, 7) is 0. The molecule has 4 nitrogen and oxygen atoms in total. The van der Waals surface area contributed by atoms with Crippen molar-refractivity contribution in [3.63, 3.8) is 0 Å². The second kappa shape index (κ2) is 15.0. The summed E-state index contributed by atoms with van der Waals surface area (Å²) < 4.78 is 9.09. The molecule has 13 aromatic rings. The molecule has 304 valence electrons. The first-order valence-corrected chi connectivity index (χ1v) is 22.1. The van der Waals surface area contributed by atoms with Gasteiger partial charge in [0.25, 0.3) is 0 Å². The van der Waals surface area contributed by atoms with Crippen LogP contribution in [0, 0.1) is 0 Å². The highest BCUT2D eigenvalue weighted by molar-refractivity contribution is 6.26. The SMILES string of the molecule is c1ccc(-c2nc3ccc4c5cc(-c6ccc(N(c7ccccc7)c7ccccc7)cc6)ccc5n(-c5ccc(-c6ccc7c8ccccc8c8ccccc8c7c6)cc5)c4c3o2)cc1. The van der Waals surface area contributed by atoms with Crippen molar-refractivity contribution in [1.82, 2.24) is 9.55 Å². The van der Waals surface area contributed by atoms with E-state index in [-0.39, 0.29) is 0 Å². The summed E-state index contributed by atoms with van der Waals surface area (Å²) in [6.07, 6.45) is 0. The minimum Gasteiger partial charge on any atom is -0.434 e. The largest absolute Gasteiger partial charge is 0.434 e. The Morgan fingerprint density at radius 1 is 0.338 bits per heavy atom. The van der Waals surface area contributed by atoms with Crippen molar-refractivity contribution < 1.29 is 4.42 Å². The van der Waals surface area contributed by atoms with Crippen LogP contribution in [0.1, 0.15) is 0 Å². The Morgan fingerprint density at radius 2 is 0.800 bits per heavy atom. The van der Waals surface area contributed by atoms with E-state index in [9.17, 15) is 0 Å². The molecule has 0 atom stereocenters. The second-order valence-electron chi connectivity index (χ2n) is 16.7. The highest BCUT2D eigenvalue weighted by Crippen LogP contribution is 2.42. The average Bonchev–Trinajstić information content (AvgIpc) is 3.97. The molecule has 4 heteroatoms. The van der Waals surface area contributed by atoms with E-state index in [1.165, 1.54) is 37.9 Å². The van der Waals surface area contributed by atoms with Gasteiger partial charge in [-0.2, -0.15) is 0 Å². The molecule has 0 amide bonds. The molecule has 0 radical (unpaired) electrons. The molecule has 0 saturated heterocycles. The monoisotopic (exact) mass is 829 g/mol. The second-order valence-corrected chi connectivity index (χ2v) is 16.7. The van der Waals surface area contributed by atoms with Crippen molar-refractivity contribution in [3.8, 4) is 39.4 Å². The molecule has 0 aliphatic rings. The van der Waals surface area contributed by atoms with Crippen LogP contribution in [0.2, 0.25) is 0 Å². The lowest BCUT2D eigenvalue weighted by atomic mass is 9.92. The molecule has 0 aliphatic heterocycles. The van der Waals surface area contributed by atoms with Gasteiger partial charge in [0.15, 0.2) is 5.58 Å². The first-order valence-electron chi connectivity index (χ1n) is 22.1. The Bertz CT molecular complexity index is 3840. The number of rotatable bonds is 7. The minimum atomic E-state index is 0.609. The smallest absolute Gasteiger partial charge is 0.227 e. The number of benzene rings is 11. The van der Waals surface area contributed by atoms with Gasteiger partial charge in [-0.15, -0.1) is 0 Å². The number of oxazole rings is 1. The van der Waals surface area contributed by atoms with Gasteiger partial charge in [-0.3, -0.25) is 0 Å². The van der Waals surface area contributed by atoms with Crippen LogP contribution in [0.25, 0.3) is 105 Å². The molecular weight excluding hydrogens is 791 g/mol. The van der Waals surface area contributed by atoms with E-state index < -0.39 is 0 Å². The van der Waals surface area contributed by atoms with Crippen LogP contribution in [0.4, 0.5) is 17.1 Å². The third-order valence-electron chi connectivity index (χ3n) is 13.0. The van der Waals surface area contributed by atoms with Gasteiger partial charge in [0.05, 0.1) is 11.0 Å². The van der Waals surface area contributed by atoms with E-state index in [0.717, 1.165) is 77.9 Å². The van der Waals surface area contributed by atoms with Gasteiger partial charge in [0, 0.05) is 39.1 Å². The van der Waals surface area contributed by atoms with Crippen molar-refractivity contribution in [2.75, 3.05) is 4.90 Å². The van der Waals surface area contributed by atoms with E-state index in [2.05, 4.69) is 216 Å². The average molecular weight is 830 g/mol. The molecular formula is C61H39N3O. The summed E-state index contributed by atoms with van der Waals surface area (Å²) in [7, 11) is 0. The fourth-order valence-electron chi connectivity index (χ4n) is 9.93. The standard InChI is InChI=1S/C61H39N3O/c1-4-14-42(15-5-1)61-62-57-36-35-54-56-39-44(41-24-30-47(31-25-41)63(45-16-6-2-7-17-45)46-18-8-3-9-19-46)29-37-58(56)64(59(54)60(57)65-61)48-32-26-40(27-33-48)43-28-34-53-51-22-11-10-20-49(51)50-21-12-13-23-52(50)55(53)38-43/h1-39H. The number of hydrogen-bond donors (Lipinski definition) is 0. The van der Waals surface area contributed by atoms with Crippen molar-refractivity contribution >= 4 is 82.3 Å². The zero-order chi connectivity index (χ0) is 42.8. The minimum absolute atomic E-state index is 0.609. The third kappa shape index (κ3) is 6.11. The Balaban J connectivity index is 0.943. The number of aromatic nitrogens is 2. The number of hydrogen-bond acceptors (Lipinski definition) is 3. The maximum absolute atomic E-state index is 6.75. The van der Waals surface area contributed by atoms with Gasteiger partial charge in [0.2, 0.25) is 5.89 Å². The van der Waals surface area contributed by atoms with Crippen molar-refractivity contribution in [2.45, 2.75) is 0 Å². The van der Waals surface area contributed by atoms with Gasteiger partial charge < -0.3 is 13.9 Å². The normalized spacial score (nSPS) is 11.7. The predicted molar refractivity (Wildman–Crippen MR) is 272 cm³/mol. The number of para-hydroxylation sites is 2. The van der Waals surface area contributed by atoms with Crippen LogP contribution in [0.3, 0.4) is 0 Å². The molecule has 0 bridgehead atoms. The van der Waals surface area contributed by atoms with Gasteiger partial charge in [-0.25, -0.2) is 4.98 Å². The maximum atomic E-state index is 6.75. The van der Waals surface area contributed by atoms with Gasteiger partial charge >= 0.3 is 0 Å². The summed E-state index contributed by atoms with van der Waals surface area (Å²) in [6, 6.07) is 84.6. The topological polar surface area (TPSA) is 34.2 Å². The Hall–Kier alpha value is -8.73. The molecule has 0 N–H and O–H groups in total. The summed E-state index contributed by atoms with van der Waals surface area (Å²) >= 11 is 0. The number of nitrogens with zero attached hydrogens (tertiary/aromatic N) is 3. The Morgan fingerprint density at radius 3 is 1.42 bits per heavy atom. The molecule has 65 heavy (non-hydrogen) atoms. The van der Waals surface area contributed by atoms with Crippen molar-refractivity contribution in [2.24, 2.45) is 0 Å². The van der Waals surface area contributed by atoms with E-state index in [0.29, 0.717) is 5.89 Å². The maximum Gasteiger partial charge on any atom is 0.227 e. The lowest BCUT2D eigenvalue weighted by Crippen LogP contribution is -2.09. The van der Waals surface area contributed by atoms with Crippen LogP contribution in [-0.4, -0.2) is 9.55 Å². The molecule has 0 fully saturated rings. The van der Waals surface area contributed by atoms with E-state index in [1.807, 2.05) is 30.3 Å². The lowest BCUT2D eigenvalue weighted by molar-refractivity contribution is 0.622. The van der Waals surface area contributed by atoms with Crippen LogP contribution in [0.15, 0.2) is 241 Å². The highest BCUT2D eigenvalue weighted by Gasteiger charge is 2.21. The summed E-state index contributed by atoms with van der Waals surface area (Å²) in [5.41, 5.74) is 13.6. The van der Waals surface area contributed by atoms with Crippen LogP contribution < -0.4 is 4.90 Å². The first-order chi connectivity index (χ1) is 32.2. The van der Waals surface area contributed by atoms with E-state index in [1.54, 1.807) is 0 Å². The number of fused-ring (bicyclic) bond motifs is 11. The number of anilines is 3. The molecule has 2 heterocycles. The summed E-state index contributed by atoms with van der Waals surface area (Å²) in [4.78, 5) is 7.30. The predicted octanol–water partition coefficient (Wildman–Crippen LogP) is 16.9. The van der Waals surface area contributed by atoms with E-state index >= 15 is 0 Å². The van der Waals surface area contributed by atoms with Crippen molar-refractivity contribution in [3.05, 3.63) is 237 Å². The van der Waals surface area contributed by atoms with E-state index in [4.69, 9.17) is 9.40 Å². The zero-order valence-corrected chi connectivity index (χ0v) is 35.3. The van der Waals surface area contributed by atoms with Gasteiger partial charge in [0.1, 0.15) is 5.52 Å². The van der Waals surface area contributed by atoms with Crippen LogP contribution in [-0.2, 0) is 0 Å². The molecule has 11 aromatic carbocycles. The quantitative estimate of drug-likeness (QED) is 0.150. The molecule has 0 spiro atoms. The molecule has 0 aliphatic carbocycles. The van der Waals surface area contributed by atoms with Gasteiger partial charge in [-0.05, 0) is 146 Å². The molecule has 0 saturated carbocycles. The zero-order valence-electron chi connectivity index (χ0n) is 35.3. The third-order valence-corrected chi connectivity index (χ3v) is 13.0. The molecule has 13 rings (SSSR count). The van der Waals surface area contributed by atoms with Crippen LogP contribution in [0.5, 0.6) is 0 Å². The Kier molecular flexibility index (Phi) is 8.50. The van der Waals surface area contributed by atoms with Crippen molar-refractivity contribution in [1.29, 1.82) is 0 Å². The molecule has 0 unspecified atom stereocenters. The fraction of sp³-hybridized carbons (Fsp3) is 0.